The van der Waals surface area contributed by atoms with Crippen molar-refractivity contribution in [3.63, 3.8) is 0 Å². The van der Waals surface area contributed by atoms with E-state index in [2.05, 4.69) is 5.32 Å². The first-order chi connectivity index (χ1) is 10.8. The molecule has 0 radical (unpaired) electrons. The minimum absolute atomic E-state index is 0.0506. The van der Waals surface area contributed by atoms with Crippen molar-refractivity contribution in [3.05, 3.63) is 45.5 Å². The molecule has 23 heavy (non-hydrogen) atoms. The second kappa shape index (κ2) is 7.16. The normalized spacial score (nSPS) is 11.2. The molecule has 7 nitrogen and oxygen atoms in total. The van der Waals surface area contributed by atoms with Gasteiger partial charge in [0, 0.05) is 23.9 Å². The fraction of sp³-hybridized carbons (Fsp3) is 0.231. The molecule has 0 saturated carbocycles. The van der Waals surface area contributed by atoms with Gasteiger partial charge in [0.15, 0.2) is 14.8 Å². The predicted octanol–water partition coefficient (Wildman–Crippen LogP) is 3.20. The predicted molar refractivity (Wildman–Crippen MR) is 89.5 cm³/mol. The van der Waals surface area contributed by atoms with E-state index in [1.165, 1.54) is 0 Å². The molecule has 2 aromatic rings. The molecule has 10 heteroatoms. The molecular formula is C13H13ClN2O5S2. The Kier molecular flexibility index (Phi) is 5.45. The highest BCUT2D eigenvalue weighted by Crippen LogP contribution is 2.36. The molecule has 1 aromatic carbocycles. The number of nitrogens with one attached hydrogen (secondary N) is 1. The van der Waals surface area contributed by atoms with Gasteiger partial charge in [0.05, 0.1) is 4.92 Å². The van der Waals surface area contributed by atoms with Crippen LogP contribution in [-0.2, 0) is 9.84 Å². The van der Waals surface area contributed by atoms with E-state index < -0.39 is 14.8 Å². The number of nitrogens with zero attached hydrogens (tertiary/aromatic N) is 1. The third kappa shape index (κ3) is 4.81. The summed E-state index contributed by atoms with van der Waals surface area (Å²) in [5, 5.41) is 14.6. The molecule has 1 N–H and O–H groups in total. The van der Waals surface area contributed by atoms with Crippen LogP contribution in [-0.4, -0.2) is 32.7 Å². The number of benzene rings is 1. The molecule has 1 heterocycles. The van der Waals surface area contributed by atoms with E-state index in [0.29, 0.717) is 10.8 Å². The zero-order valence-corrected chi connectivity index (χ0v) is 14.4. The molecule has 0 aliphatic heterocycles. The van der Waals surface area contributed by atoms with Gasteiger partial charge in [-0.1, -0.05) is 22.9 Å². The van der Waals surface area contributed by atoms with Crippen molar-refractivity contribution < 1.29 is 18.1 Å². The lowest BCUT2D eigenvalue weighted by Gasteiger charge is -2.07. The summed E-state index contributed by atoms with van der Waals surface area (Å²) >= 11 is 6.59. The molecule has 0 atom stereocenters. The van der Waals surface area contributed by atoms with E-state index in [-0.39, 0.29) is 28.0 Å². The van der Waals surface area contributed by atoms with E-state index in [1.807, 2.05) is 0 Å². The molecule has 1 aromatic heterocycles. The largest absolute Gasteiger partial charge is 0.492 e. The lowest BCUT2D eigenvalue weighted by atomic mass is 10.3. The number of halogens is 1. The van der Waals surface area contributed by atoms with Crippen molar-refractivity contribution in [1.82, 2.24) is 0 Å². The molecule has 0 aliphatic rings. The Labute approximate surface area is 141 Å². The van der Waals surface area contributed by atoms with Gasteiger partial charge in [0.1, 0.15) is 16.6 Å². The molecular weight excluding hydrogens is 364 g/mol. The van der Waals surface area contributed by atoms with E-state index in [9.17, 15) is 18.5 Å². The van der Waals surface area contributed by atoms with Gasteiger partial charge in [0.25, 0.3) is 0 Å². The molecule has 0 fully saturated rings. The minimum atomic E-state index is -3.49. The Morgan fingerprint density at radius 3 is 2.57 bits per heavy atom. The third-order valence-corrected chi connectivity index (χ3v) is 5.86. The van der Waals surface area contributed by atoms with Crippen molar-refractivity contribution in [2.75, 3.05) is 24.7 Å². The Morgan fingerprint density at radius 1 is 1.35 bits per heavy atom. The Morgan fingerprint density at radius 2 is 2.00 bits per heavy atom. The van der Waals surface area contributed by atoms with Crippen molar-refractivity contribution in [2.45, 2.75) is 4.21 Å². The summed E-state index contributed by atoms with van der Waals surface area (Å²) in [7, 11) is -3.49. The SMILES string of the molecule is CS(=O)(=O)c1cc([N+](=O)[O-])c(NCCOc2ccc(Cl)cc2)s1. The molecule has 124 valence electrons. The van der Waals surface area contributed by atoms with Crippen LogP contribution >= 0.6 is 22.9 Å². The number of anilines is 1. The van der Waals surface area contributed by atoms with Crippen molar-refractivity contribution >= 4 is 43.5 Å². The fourth-order valence-corrected chi connectivity index (χ4v) is 3.76. The van der Waals surface area contributed by atoms with Crippen molar-refractivity contribution in [3.8, 4) is 5.75 Å². The molecule has 0 amide bonds. The van der Waals surface area contributed by atoms with Gasteiger partial charge >= 0.3 is 5.69 Å². The summed E-state index contributed by atoms with van der Waals surface area (Å²) in [6.07, 6.45) is 1.01. The smallest absolute Gasteiger partial charge is 0.304 e. The van der Waals surface area contributed by atoms with Gasteiger partial charge in [-0.15, -0.1) is 0 Å². The fourth-order valence-electron chi connectivity index (χ4n) is 1.67. The van der Waals surface area contributed by atoms with Gasteiger partial charge in [0.2, 0.25) is 0 Å². The highest BCUT2D eigenvalue weighted by molar-refractivity contribution is 7.92. The zero-order valence-electron chi connectivity index (χ0n) is 12.0. The number of rotatable bonds is 7. The van der Waals surface area contributed by atoms with Gasteiger partial charge in [-0.3, -0.25) is 10.1 Å². The summed E-state index contributed by atoms with van der Waals surface area (Å²) in [6.45, 7) is 0.540. The van der Waals surface area contributed by atoms with Crippen LogP contribution in [0.3, 0.4) is 0 Å². The Bertz CT molecular complexity index is 802. The van der Waals surface area contributed by atoms with Crippen molar-refractivity contribution in [2.24, 2.45) is 0 Å². The molecule has 0 spiro atoms. The first kappa shape index (κ1) is 17.5. The van der Waals surface area contributed by atoms with Gasteiger partial charge in [-0.25, -0.2) is 8.42 Å². The van der Waals surface area contributed by atoms with Gasteiger partial charge < -0.3 is 10.1 Å². The summed E-state index contributed by atoms with van der Waals surface area (Å²) < 4.78 is 28.4. The topological polar surface area (TPSA) is 98.5 Å². The van der Waals surface area contributed by atoms with E-state index >= 15 is 0 Å². The van der Waals surface area contributed by atoms with Crippen LogP contribution in [0, 0.1) is 10.1 Å². The zero-order chi connectivity index (χ0) is 17.0. The van der Waals surface area contributed by atoms with E-state index in [1.54, 1.807) is 24.3 Å². The van der Waals surface area contributed by atoms with Crippen LogP contribution in [0.5, 0.6) is 5.75 Å². The lowest BCUT2D eigenvalue weighted by Crippen LogP contribution is -2.11. The highest BCUT2D eigenvalue weighted by atomic mass is 35.5. The van der Waals surface area contributed by atoms with Gasteiger partial charge in [-0.2, -0.15) is 0 Å². The molecule has 2 rings (SSSR count). The lowest BCUT2D eigenvalue weighted by molar-refractivity contribution is -0.383. The van der Waals surface area contributed by atoms with Crippen LogP contribution in [0.25, 0.3) is 0 Å². The third-order valence-electron chi connectivity index (χ3n) is 2.72. The average Bonchev–Trinajstić information content (AvgIpc) is 2.90. The summed E-state index contributed by atoms with van der Waals surface area (Å²) in [4.78, 5) is 10.4. The van der Waals surface area contributed by atoms with Crippen LogP contribution in [0.2, 0.25) is 5.02 Å². The summed E-state index contributed by atoms with van der Waals surface area (Å²) in [5.74, 6) is 0.619. The number of hydrogen-bond acceptors (Lipinski definition) is 7. The Balaban J connectivity index is 1.98. The van der Waals surface area contributed by atoms with Crippen LogP contribution in [0.15, 0.2) is 34.5 Å². The number of ether oxygens (including phenoxy) is 1. The number of nitro groups is 1. The van der Waals surface area contributed by atoms with Crippen LogP contribution in [0.4, 0.5) is 10.7 Å². The second-order valence-corrected chi connectivity index (χ2v) is 8.27. The number of thiophene rings is 1. The molecule has 0 saturated heterocycles. The first-order valence-corrected chi connectivity index (χ1v) is 9.46. The summed E-state index contributed by atoms with van der Waals surface area (Å²) in [5.41, 5.74) is -0.262. The number of hydrogen-bond donors (Lipinski definition) is 1. The highest BCUT2D eigenvalue weighted by Gasteiger charge is 2.23. The van der Waals surface area contributed by atoms with Crippen LogP contribution in [0.1, 0.15) is 0 Å². The Hall–Kier alpha value is -1.84. The monoisotopic (exact) mass is 376 g/mol. The maximum absolute atomic E-state index is 11.5. The maximum Gasteiger partial charge on any atom is 0.304 e. The summed E-state index contributed by atoms with van der Waals surface area (Å²) in [6, 6.07) is 7.84. The van der Waals surface area contributed by atoms with E-state index in [0.717, 1.165) is 23.7 Å². The maximum atomic E-state index is 11.5. The molecule has 0 unspecified atom stereocenters. The number of sulfone groups is 1. The van der Waals surface area contributed by atoms with Crippen molar-refractivity contribution in [1.29, 1.82) is 0 Å². The second-order valence-electron chi connectivity index (χ2n) is 4.54. The minimum Gasteiger partial charge on any atom is -0.492 e. The standard InChI is InChI=1S/C13H13ClN2O5S2/c1-23(19,20)12-8-11(16(17)18)13(22-12)15-6-7-21-10-4-2-9(14)3-5-10/h2-5,8,15H,6-7H2,1H3. The van der Waals surface area contributed by atoms with Crippen LogP contribution < -0.4 is 10.1 Å². The average molecular weight is 377 g/mol. The first-order valence-electron chi connectivity index (χ1n) is 6.38. The quantitative estimate of drug-likeness (QED) is 0.452. The molecule has 0 bridgehead atoms. The van der Waals surface area contributed by atoms with Gasteiger partial charge in [-0.05, 0) is 24.3 Å². The van der Waals surface area contributed by atoms with E-state index in [4.69, 9.17) is 16.3 Å². The molecule has 0 aliphatic carbocycles.